The highest BCUT2D eigenvalue weighted by atomic mass is 32.1. The number of thiophene rings is 1. The predicted octanol–water partition coefficient (Wildman–Crippen LogP) is 5.05. The molecule has 176 valence electrons. The summed E-state index contributed by atoms with van der Waals surface area (Å²) in [6.45, 7) is 7.69. The largest absolute Gasteiger partial charge is 0.333 e. The molecule has 1 amide bonds. The molecule has 0 spiro atoms. The van der Waals surface area contributed by atoms with Crippen LogP contribution in [0.3, 0.4) is 0 Å². The monoisotopic (exact) mass is 485 g/mol. The van der Waals surface area contributed by atoms with Crippen LogP contribution in [-0.4, -0.2) is 25.6 Å². The second-order valence-corrected chi connectivity index (χ2v) is 9.55. The van der Waals surface area contributed by atoms with Gasteiger partial charge in [-0.1, -0.05) is 41.1 Å². The first-order valence-electron chi connectivity index (χ1n) is 11.1. The van der Waals surface area contributed by atoms with Crippen LogP contribution in [0.2, 0.25) is 0 Å². The van der Waals surface area contributed by atoms with Crippen LogP contribution in [0.25, 0.3) is 32.4 Å². The van der Waals surface area contributed by atoms with Gasteiger partial charge in [-0.25, -0.2) is 4.98 Å². The Bertz CT molecular complexity index is 1630. The molecule has 0 saturated heterocycles. The van der Waals surface area contributed by atoms with Crippen molar-refractivity contribution in [1.29, 1.82) is 0 Å². The molecule has 0 fully saturated rings. The van der Waals surface area contributed by atoms with Crippen LogP contribution in [0.4, 0.5) is 5.69 Å². The van der Waals surface area contributed by atoms with E-state index >= 15 is 0 Å². The second-order valence-electron chi connectivity index (χ2n) is 8.55. The maximum absolute atomic E-state index is 13.2. The third-order valence-corrected chi connectivity index (χ3v) is 7.14. The SMILES string of the molecule is Cc1ccc(-c2noc(-c3sc4ncn(CC(=O)Nc5ccc(C)c(C)c5)c(=O)c4c3C)n2)cc1. The van der Waals surface area contributed by atoms with Crippen molar-refractivity contribution in [2.75, 3.05) is 5.32 Å². The van der Waals surface area contributed by atoms with E-state index in [0.29, 0.717) is 38.1 Å². The summed E-state index contributed by atoms with van der Waals surface area (Å²) in [5.41, 5.74) is 5.31. The Morgan fingerprint density at radius 3 is 2.57 bits per heavy atom. The van der Waals surface area contributed by atoms with Gasteiger partial charge in [0.15, 0.2) is 0 Å². The van der Waals surface area contributed by atoms with Crippen molar-refractivity contribution in [3.05, 3.63) is 81.4 Å². The first-order chi connectivity index (χ1) is 16.8. The molecule has 8 nitrogen and oxygen atoms in total. The number of nitrogens with one attached hydrogen (secondary N) is 1. The highest BCUT2D eigenvalue weighted by molar-refractivity contribution is 7.22. The smallest absolute Gasteiger partial charge is 0.268 e. The number of aromatic nitrogens is 4. The van der Waals surface area contributed by atoms with Crippen molar-refractivity contribution in [2.45, 2.75) is 34.2 Å². The minimum Gasteiger partial charge on any atom is -0.333 e. The Balaban J connectivity index is 1.42. The molecule has 5 rings (SSSR count). The van der Waals surface area contributed by atoms with Gasteiger partial charge < -0.3 is 9.84 Å². The zero-order valence-corrected chi connectivity index (χ0v) is 20.6. The number of carbonyl (C=O) groups excluding carboxylic acids is 1. The fourth-order valence-corrected chi connectivity index (χ4v) is 4.85. The standard InChI is InChI=1S/C26H23N5O3S/c1-14-5-8-18(9-6-14)23-29-24(34-30-23)22-17(4)21-25(35-22)27-13-31(26(21)33)12-20(32)28-19-10-7-15(2)16(3)11-19/h5-11,13H,12H2,1-4H3,(H,28,32). The number of anilines is 1. The minimum atomic E-state index is -0.302. The molecule has 0 atom stereocenters. The lowest BCUT2D eigenvalue weighted by atomic mass is 10.1. The molecule has 0 radical (unpaired) electrons. The maximum Gasteiger partial charge on any atom is 0.268 e. The highest BCUT2D eigenvalue weighted by Gasteiger charge is 2.21. The molecule has 0 aliphatic heterocycles. The Morgan fingerprint density at radius 2 is 1.83 bits per heavy atom. The van der Waals surface area contributed by atoms with Crippen LogP contribution in [0, 0.1) is 27.7 Å². The minimum absolute atomic E-state index is 0.141. The summed E-state index contributed by atoms with van der Waals surface area (Å²) in [6.07, 6.45) is 1.40. The summed E-state index contributed by atoms with van der Waals surface area (Å²) < 4.78 is 6.83. The van der Waals surface area contributed by atoms with Crippen LogP contribution in [-0.2, 0) is 11.3 Å². The molecule has 0 bridgehead atoms. The normalized spacial score (nSPS) is 11.2. The Morgan fingerprint density at radius 1 is 1.06 bits per heavy atom. The molecule has 5 aromatic rings. The van der Waals surface area contributed by atoms with E-state index in [1.165, 1.54) is 22.2 Å². The van der Waals surface area contributed by atoms with Gasteiger partial charge in [-0.05, 0) is 56.5 Å². The molecule has 3 aromatic heterocycles. The molecule has 35 heavy (non-hydrogen) atoms. The van der Waals surface area contributed by atoms with Gasteiger partial charge in [0, 0.05) is 11.3 Å². The lowest BCUT2D eigenvalue weighted by Crippen LogP contribution is -2.27. The number of nitrogens with zero attached hydrogens (tertiary/aromatic N) is 4. The number of aryl methyl sites for hydroxylation is 4. The number of amides is 1. The Kier molecular flexibility index (Phi) is 5.78. The zero-order valence-electron chi connectivity index (χ0n) is 19.7. The average Bonchev–Trinajstić information content (AvgIpc) is 3.44. The zero-order chi connectivity index (χ0) is 24.7. The fourth-order valence-electron chi connectivity index (χ4n) is 3.79. The Hall–Kier alpha value is -4.11. The van der Waals surface area contributed by atoms with Gasteiger partial charge in [0.2, 0.25) is 11.7 Å². The van der Waals surface area contributed by atoms with Gasteiger partial charge in [0.05, 0.1) is 16.6 Å². The van der Waals surface area contributed by atoms with Crippen molar-refractivity contribution in [3.8, 4) is 22.2 Å². The van der Waals surface area contributed by atoms with Crippen molar-refractivity contribution < 1.29 is 9.32 Å². The first kappa shape index (κ1) is 22.7. The summed E-state index contributed by atoms with van der Waals surface area (Å²) in [6, 6.07) is 13.5. The van der Waals surface area contributed by atoms with Crippen LogP contribution in [0.5, 0.6) is 0 Å². The van der Waals surface area contributed by atoms with E-state index in [1.807, 2.05) is 70.2 Å². The van der Waals surface area contributed by atoms with Crippen molar-refractivity contribution >= 4 is 33.1 Å². The summed E-state index contributed by atoms with van der Waals surface area (Å²) in [7, 11) is 0. The molecular weight excluding hydrogens is 462 g/mol. The molecule has 2 aromatic carbocycles. The van der Waals surface area contributed by atoms with Gasteiger partial charge in [0.1, 0.15) is 11.4 Å². The van der Waals surface area contributed by atoms with E-state index in [0.717, 1.165) is 22.3 Å². The van der Waals surface area contributed by atoms with Crippen molar-refractivity contribution in [1.82, 2.24) is 19.7 Å². The second kappa shape index (κ2) is 8.92. The van der Waals surface area contributed by atoms with E-state index in [-0.39, 0.29) is 18.0 Å². The summed E-state index contributed by atoms with van der Waals surface area (Å²) >= 11 is 1.31. The lowest BCUT2D eigenvalue weighted by molar-refractivity contribution is -0.116. The van der Waals surface area contributed by atoms with Crippen molar-refractivity contribution in [2.24, 2.45) is 0 Å². The number of fused-ring (bicyclic) bond motifs is 1. The number of rotatable bonds is 5. The van der Waals surface area contributed by atoms with Gasteiger partial charge in [-0.2, -0.15) is 4.98 Å². The molecule has 9 heteroatoms. The van der Waals surface area contributed by atoms with Crippen LogP contribution >= 0.6 is 11.3 Å². The molecule has 1 N–H and O–H groups in total. The molecule has 3 heterocycles. The number of hydrogen-bond acceptors (Lipinski definition) is 7. The molecule has 0 unspecified atom stereocenters. The quantitative estimate of drug-likeness (QED) is 0.374. The average molecular weight is 486 g/mol. The van der Waals surface area contributed by atoms with E-state index < -0.39 is 0 Å². The third kappa shape index (κ3) is 4.38. The lowest BCUT2D eigenvalue weighted by Gasteiger charge is -2.09. The summed E-state index contributed by atoms with van der Waals surface area (Å²) in [5, 5.41) is 7.39. The molecule has 0 aliphatic carbocycles. The fraction of sp³-hybridized carbons (Fsp3) is 0.192. The van der Waals surface area contributed by atoms with E-state index in [9.17, 15) is 9.59 Å². The first-order valence-corrected chi connectivity index (χ1v) is 11.9. The number of carbonyl (C=O) groups is 1. The topological polar surface area (TPSA) is 103 Å². The number of hydrogen-bond donors (Lipinski definition) is 1. The highest BCUT2D eigenvalue weighted by Crippen LogP contribution is 2.35. The van der Waals surface area contributed by atoms with E-state index in [2.05, 4.69) is 20.4 Å². The third-order valence-electron chi connectivity index (χ3n) is 5.95. The Labute approximate surface area is 205 Å². The van der Waals surface area contributed by atoms with Crippen LogP contribution < -0.4 is 10.9 Å². The van der Waals surface area contributed by atoms with Gasteiger partial charge >= 0.3 is 0 Å². The molecular formula is C26H23N5O3S. The van der Waals surface area contributed by atoms with Gasteiger partial charge in [-0.15, -0.1) is 11.3 Å². The van der Waals surface area contributed by atoms with Gasteiger partial charge in [-0.3, -0.25) is 14.2 Å². The molecule has 0 saturated carbocycles. The van der Waals surface area contributed by atoms with Crippen LogP contribution in [0.15, 0.2) is 58.1 Å². The maximum atomic E-state index is 13.2. The summed E-state index contributed by atoms with van der Waals surface area (Å²) in [5.74, 6) is 0.508. The van der Waals surface area contributed by atoms with Crippen LogP contribution in [0.1, 0.15) is 22.3 Å². The number of benzene rings is 2. The van der Waals surface area contributed by atoms with Gasteiger partial charge in [0.25, 0.3) is 11.4 Å². The summed E-state index contributed by atoms with van der Waals surface area (Å²) in [4.78, 5) is 36.0. The molecule has 0 aliphatic rings. The van der Waals surface area contributed by atoms with E-state index in [1.54, 1.807) is 0 Å². The van der Waals surface area contributed by atoms with E-state index in [4.69, 9.17) is 4.52 Å². The van der Waals surface area contributed by atoms with Crippen molar-refractivity contribution in [3.63, 3.8) is 0 Å². The predicted molar refractivity (Wildman–Crippen MR) is 137 cm³/mol.